The number of nitrogens with zero attached hydrogens (tertiary/aromatic N) is 1. The first kappa shape index (κ1) is 12.1. The zero-order valence-corrected chi connectivity index (χ0v) is 12.5. The molecule has 1 aliphatic rings. The van der Waals surface area contributed by atoms with E-state index in [0.29, 0.717) is 0 Å². The molecule has 0 saturated heterocycles. The second-order valence-corrected chi connectivity index (χ2v) is 10.5. The van der Waals surface area contributed by atoms with Crippen LogP contribution in [0, 0.1) is 0 Å². The predicted octanol–water partition coefficient (Wildman–Crippen LogP) is 5.87. The molecule has 0 fully saturated rings. The highest BCUT2D eigenvalue weighted by atomic mass is 35.5. The summed E-state index contributed by atoms with van der Waals surface area (Å²) in [6, 6.07) is 0. The SMILES string of the molecule is CCn1c(Cl)c2c(c1Cl)SSSSS2. The molecule has 1 aromatic rings. The Hall–Kier alpha value is 1.61. The van der Waals surface area contributed by atoms with E-state index in [1.54, 1.807) is 51.1 Å². The second-order valence-electron chi connectivity index (χ2n) is 2.35. The molecule has 8 heteroatoms. The highest BCUT2D eigenvalue weighted by molar-refractivity contribution is 9.36. The third-order valence-corrected chi connectivity index (χ3v) is 11.1. The van der Waals surface area contributed by atoms with Gasteiger partial charge < -0.3 is 4.57 Å². The van der Waals surface area contributed by atoms with Gasteiger partial charge in [0.05, 0.1) is 9.79 Å². The zero-order valence-electron chi connectivity index (χ0n) is 6.95. The van der Waals surface area contributed by atoms with E-state index in [0.717, 1.165) is 26.6 Å². The van der Waals surface area contributed by atoms with Crippen LogP contribution in [0.1, 0.15) is 6.92 Å². The van der Waals surface area contributed by atoms with E-state index in [1.165, 1.54) is 0 Å². The maximum Gasteiger partial charge on any atom is 0.125 e. The average molecular weight is 322 g/mol. The van der Waals surface area contributed by atoms with Crippen LogP contribution >= 0.6 is 74.3 Å². The van der Waals surface area contributed by atoms with Gasteiger partial charge in [0.25, 0.3) is 0 Å². The largest absolute Gasteiger partial charge is 0.321 e. The quantitative estimate of drug-likeness (QED) is 0.594. The van der Waals surface area contributed by atoms with Gasteiger partial charge in [-0.25, -0.2) is 0 Å². The number of fused-ring (bicyclic) bond motifs is 1. The summed E-state index contributed by atoms with van der Waals surface area (Å²) in [5, 5.41) is 1.53. The molecule has 0 aromatic carbocycles. The van der Waals surface area contributed by atoms with E-state index in [4.69, 9.17) is 23.2 Å². The number of rotatable bonds is 1. The Balaban J connectivity index is 2.50. The van der Waals surface area contributed by atoms with E-state index in [1.807, 2.05) is 11.5 Å². The summed E-state index contributed by atoms with van der Waals surface area (Å²) in [7, 11) is 8.56. The highest BCUT2D eigenvalue weighted by Crippen LogP contribution is 2.62. The molecule has 78 valence electrons. The summed E-state index contributed by atoms with van der Waals surface area (Å²) in [4.78, 5) is 2.21. The molecule has 2 heterocycles. The van der Waals surface area contributed by atoms with Gasteiger partial charge in [-0.15, -0.1) is 0 Å². The van der Waals surface area contributed by atoms with Crippen molar-refractivity contribution >= 4 is 74.3 Å². The molecule has 0 amide bonds. The number of aromatic nitrogens is 1. The Morgan fingerprint density at radius 1 is 1.00 bits per heavy atom. The van der Waals surface area contributed by atoms with E-state index in [2.05, 4.69) is 0 Å². The molecule has 0 unspecified atom stereocenters. The van der Waals surface area contributed by atoms with Gasteiger partial charge in [-0.1, -0.05) is 23.2 Å². The Morgan fingerprint density at radius 2 is 1.50 bits per heavy atom. The Labute approximate surface area is 111 Å². The lowest BCUT2D eigenvalue weighted by molar-refractivity contribution is 0.764. The minimum Gasteiger partial charge on any atom is -0.321 e. The number of hydrogen-bond acceptors (Lipinski definition) is 5. The van der Waals surface area contributed by atoms with Crippen LogP contribution in [0.5, 0.6) is 0 Å². The van der Waals surface area contributed by atoms with Gasteiger partial charge in [0, 0.05) is 6.54 Å². The van der Waals surface area contributed by atoms with Crippen molar-refractivity contribution in [1.82, 2.24) is 4.57 Å². The van der Waals surface area contributed by atoms with Crippen LogP contribution in [0.2, 0.25) is 10.3 Å². The molecule has 0 spiro atoms. The van der Waals surface area contributed by atoms with Gasteiger partial charge in [-0.2, -0.15) is 0 Å². The minimum atomic E-state index is 0.764. The zero-order chi connectivity index (χ0) is 10.1. The van der Waals surface area contributed by atoms with Crippen molar-refractivity contribution in [3.63, 3.8) is 0 Å². The van der Waals surface area contributed by atoms with Gasteiger partial charge in [-0.05, 0) is 58.0 Å². The summed E-state index contributed by atoms with van der Waals surface area (Å²) in [6.07, 6.45) is 0. The lowest BCUT2D eigenvalue weighted by Gasteiger charge is -2.02. The number of hydrogen-bond donors (Lipinski definition) is 0. The second kappa shape index (κ2) is 5.29. The van der Waals surface area contributed by atoms with Gasteiger partial charge in [0.2, 0.25) is 0 Å². The molecular formula is C6H5Cl2NS5. The smallest absolute Gasteiger partial charge is 0.125 e. The van der Waals surface area contributed by atoms with E-state index in [9.17, 15) is 0 Å². The number of halogens is 2. The lowest BCUT2D eigenvalue weighted by atomic mass is 10.6. The van der Waals surface area contributed by atoms with Crippen molar-refractivity contribution in [2.75, 3.05) is 0 Å². The molecule has 0 saturated carbocycles. The van der Waals surface area contributed by atoms with Gasteiger partial charge in [-0.3, -0.25) is 0 Å². The maximum absolute atomic E-state index is 6.23. The third kappa shape index (κ3) is 2.17. The van der Waals surface area contributed by atoms with Crippen molar-refractivity contribution in [1.29, 1.82) is 0 Å². The molecule has 0 N–H and O–H groups in total. The summed E-state index contributed by atoms with van der Waals surface area (Å²) >= 11 is 12.5. The Morgan fingerprint density at radius 3 is 1.93 bits per heavy atom. The molecule has 14 heavy (non-hydrogen) atoms. The Bertz CT molecular complexity index is 323. The first-order chi connectivity index (χ1) is 6.75. The predicted molar refractivity (Wildman–Crippen MR) is 74.6 cm³/mol. The van der Waals surface area contributed by atoms with E-state index in [-0.39, 0.29) is 0 Å². The van der Waals surface area contributed by atoms with Crippen molar-refractivity contribution < 1.29 is 0 Å². The molecular weight excluding hydrogens is 317 g/mol. The standard InChI is InChI=1S/C6H5Cl2NS5/c1-2-9-5(7)3-4(6(9)8)11-13-14-12-10-3/h2H2,1H3. The fraction of sp³-hybridized carbons (Fsp3) is 0.333. The third-order valence-electron chi connectivity index (χ3n) is 1.66. The topological polar surface area (TPSA) is 4.93 Å². The maximum atomic E-state index is 6.23. The van der Waals surface area contributed by atoms with Gasteiger partial charge in [0.15, 0.2) is 0 Å². The van der Waals surface area contributed by atoms with Crippen LogP contribution in [0.3, 0.4) is 0 Å². The van der Waals surface area contributed by atoms with Crippen LogP contribution in [-0.4, -0.2) is 4.57 Å². The van der Waals surface area contributed by atoms with E-state index < -0.39 is 0 Å². The van der Waals surface area contributed by atoms with Crippen molar-refractivity contribution in [3.05, 3.63) is 10.3 Å². The molecule has 0 aliphatic carbocycles. The molecule has 1 nitrogen and oxygen atoms in total. The van der Waals surface area contributed by atoms with Crippen LogP contribution in [-0.2, 0) is 6.54 Å². The molecule has 0 atom stereocenters. The van der Waals surface area contributed by atoms with Gasteiger partial charge in [0.1, 0.15) is 10.3 Å². The summed E-state index contributed by atoms with van der Waals surface area (Å²) in [6.45, 7) is 2.86. The monoisotopic (exact) mass is 321 g/mol. The molecule has 0 bridgehead atoms. The van der Waals surface area contributed by atoms with Crippen LogP contribution in [0.25, 0.3) is 0 Å². The van der Waals surface area contributed by atoms with Crippen molar-refractivity contribution in [3.8, 4) is 0 Å². The normalized spacial score (nSPS) is 16.5. The summed E-state index contributed by atoms with van der Waals surface area (Å²) < 4.78 is 1.94. The Kier molecular flexibility index (Phi) is 4.57. The van der Waals surface area contributed by atoms with Gasteiger partial charge >= 0.3 is 0 Å². The molecule has 1 aromatic heterocycles. The average Bonchev–Trinajstić information content (AvgIpc) is 2.39. The first-order valence-corrected chi connectivity index (χ1v) is 10.6. The van der Waals surface area contributed by atoms with Crippen LogP contribution < -0.4 is 0 Å². The van der Waals surface area contributed by atoms with Crippen molar-refractivity contribution in [2.24, 2.45) is 0 Å². The van der Waals surface area contributed by atoms with Crippen LogP contribution in [0.4, 0.5) is 0 Å². The van der Waals surface area contributed by atoms with Crippen molar-refractivity contribution in [2.45, 2.75) is 23.3 Å². The summed E-state index contributed by atoms with van der Waals surface area (Å²) in [5.41, 5.74) is 0. The highest BCUT2D eigenvalue weighted by Gasteiger charge is 2.23. The fourth-order valence-electron chi connectivity index (χ4n) is 1.05. The molecule has 1 aliphatic heterocycles. The fourth-order valence-corrected chi connectivity index (χ4v) is 11.3. The molecule has 2 rings (SSSR count). The lowest BCUT2D eigenvalue weighted by Crippen LogP contribution is -1.92. The summed E-state index contributed by atoms with van der Waals surface area (Å²) in [5.74, 6) is 0. The van der Waals surface area contributed by atoms with Crippen LogP contribution in [0.15, 0.2) is 9.79 Å². The molecule has 0 radical (unpaired) electrons. The first-order valence-electron chi connectivity index (χ1n) is 3.67. The van der Waals surface area contributed by atoms with E-state index >= 15 is 0 Å². The minimum absolute atomic E-state index is 0.764.